The zero-order chi connectivity index (χ0) is 22.0. The first-order chi connectivity index (χ1) is 14.6. The van der Waals surface area contributed by atoms with Crippen molar-refractivity contribution in [2.75, 3.05) is 26.2 Å². The van der Waals surface area contributed by atoms with Crippen molar-refractivity contribution in [3.05, 3.63) is 82.9 Å². The number of rotatable bonds is 5. The van der Waals surface area contributed by atoms with Gasteiger partial charge in [0.05, 0.1) is 0 Å². The van der Waals surface area contributed by atoms with Gasteiger partial charge in [0.2, 0.25) is 6.41 Å². The van der Waals surface area contributed by atoms with Crippen LogP contribution in [-0.4, -0.2) is 43.8 Å². The molecule has 0 bridgehead atoms. The number of hydrogen-bond acceptors (Lipinski definition) is 4. The summed E-state index contributed by atoms with van der Waals surface area (Å²) in [6.07, 6.45) is 8.33. The van der Waals surface area contributed by atoms with Crippen LogP contribution in [0.15, 0.2) is 60.7 Å². The van der Waals surface area contributed by atoms with Crippen LogP contribution in [-0.2, 0) is 16.1 Å². The summed E-state index contributed by atoms with van der Waals surface area (Å²) in [7, 11) is 0. The van der Waals surface area contributed by atoms with E-state index in [2.05, 4.69) is 47.1 Å². The molecule has 0 saturated carbocycles. The zero-order valence-electron chi connectivity index (χ0n) is 18.0. The molecule has 1 fully saturated rings. The molecule has 0 atom stereocenters. The third-order valence-corrected chi connectivity index (χ3v) is 4.34. The Balaban J connectivity index is 0.000000266. The summed E-state index contributed by atoms with van der Waals surface area (Å²) in [5.41, 5.74) is 9.16. The largest absolute Gasteiger partial charge is 0.372 e. The molecular weight excluding hydrogens is 374 g/mol. The molecule has 1 saturated heterocycles. The molecule has 1 heterocycles. The number of amides is 1. The van der Waals surface area contributed by atoms with E-state index in [-0.39, 0.29) is 6.41 Å². The highest BCUT2D eigenvalue weighted by atomic mass is 16.1. The zero-order valence-corrected chi connectivity index (χ0v) is 18.0. The smallest absolute Gasteiger partial charge is 0.204 e. The van der Waals surface area contributed by atoms with Gasteiger partial charge >= 0.3 is 0 Å². The van der Waals surface area contributed by atoms with Crippen LogP contribution in [0, 0.1) is 6.92 Å². The number of piperazine rings is 1. The lowest BCUT2D eigenvalue weighted by atomic mass is 10.1. The number of nitrogens with one attached hydrogen (secondary N) is 1. The molecule has 1 aliphatic heterocycles. The number of aldehydes is 1. The molecule has 3 rings (SSSR count). The molecule has 2 aromatic carbocycles. The van der Waals surface area contributed by atoms with E-state index in [9.17, 15) is 4.79 Å². The number of nitrogens with zero attached hydrogens (tertiary/aromatic N) is 1. The summed E-state index contributed by atoms with van der Waals surface area (Å²) in [4.78, 5) is 21.2. The van der Waals surface area contributed by atoms with E-state index in [1.54, 1.807) is 6.08 Å². The van der Waals surface area contributed by atoms with Crippen LogP contribution in [0.5, 0.6) is 0 Å². The Morgan fingerprint density at radius 1 is 1.00 bits per heavy atom. The van der Waals surface area contributed by atoms with E-state index < -0.39 is 0 Å². The highest BCUT2D eigenvalue weighted by molar-refractivity contribution is 5.74. The van der Waals surface area contributed by atoms with Crippen molar-refractivity contribution in [3.63, 3.8) is 0 Å². The fraction of sp³-hybridized carbons (Fsp3) is 0.280. The van der Waals surface area contributed by atoms with Gasteiger partial charge in [0.25, 0.3) is 0 Å². The lowest BCUT2D eigenvalue weighted by Gasteiger charge is -2.27. The van der Waals surface area contributed by atoms with Gasteiger partial charge in [-0.2, -0.15) is 0 Å². The van der Waals surface area contributed by atoms with Crippen molar-refractivity contribution in [2.45, 2.75) is 20.4 Å². The quantitative estimate of drug-likeness (QED) is 0.588. The molecular formula is C25H33N3O2. The van der Waals surface area contributed by atoms with Gasteiger partial charge in [0, 0.05) is 32.7 Å². The first-order valence-corrected chi connectivity index (χ1v) is 10.1. The third-order valence-electron chi connectivity index (χ3n) is 4.34. The summed E-state index contributed by atoms with van der Waals surface area (Å²) < 4.78 is 0. The van der Waals surface area contributed by atoms with Crippen LogP contribution < -0.4 is 11.1 Å². The average Bonchev–Trinajstić information content (AvgIpc) is 2.75. The van der Waals surface area contributed by atoms with E-state index in [0.717, 1.165) is 37.0 Å². The van der Waals surface area contributed by atoms with E-state index in [0.29, 0.717) is 0 Å². The Bertz CT molecular complexity index is 810. The predicted octanol–water partition coefficient (Wildman–Crippen LogP) is 3.43. The van der Waals surface area contributed by atoms with Crippen molar-refractivity contribution >= 4 is 24.8 Å². The Labute approximate surface area is 180 Å². The summed E-state index contributed by atoms with van der Waals surface area (Å²) >= 11 is 0. The second-order valence-electron chi connectivity index (χ2n) is 6.82. The highest BCUT2D eigenvalue weighted by Gasteiger charge is 2.09. The van der Waals surface area contributed by atoms with Crippen molar-refractivity contribution in [1.29, 1.82) is 0 Å². The molecule has 0 aliphatic carbocycles. The van der Waals surface area contributed by atoms with Gasteiger partial charge in [-0.05, 0) is 42.7 Å². The minimum absolute atomic E-state index is 0.250. The Hall–Kier alpha value is -3.02. The van der Waals surface area contributed by atoms with Gasteiger partial charge in [0.15, 0.2) is 0 Å². The number of hydrogen-bond donors (Lipinski definition) is 2. The van der Waals surface area contributed by atoms with Gasteiger partial charge in [-0.25, -0.2) is 0 Å². The Kier molecular flexibility index (Phi) is 13.2. The van der Waals surface area contributed by atoms with Crippen LogP contribution in [0.1, 0.15) is 29.2 Å². The standard InChI is InChI=1S/C12H18N2.C12H12O.CH3NO/c1-11-3-2-4-12(9-11)10-14-7-5-13-6-8-14;1-2-5-11-6-3-7-12(10-11)8-4-9-13;2-1-3/h2-4,9,13H,5-8,10H2,1H3;2-10H,1H3;1H,(H2,2,3)/b;5-2+,8-4+;. The maximum absolute atomic E-state index is 10.1. The molecule has 1 aliphatic rings. The molecule has 0 aromatic heterocycles. The lowest BCUT2D eigenvalue weighted by molar-refractivity contribution is -0.107. The van der Waals surface area contributed by atoms with Gasteiger partial charge in [0.1, 0.15) is 6.29 Å². The molecule has 0 radical (unpaired) electrons. The fourth-order valence-electron chi connectivity index (χ4n) is 3.05. The normalized spacial score (nSPS) is 13.8. The van der Waals surface area contributed by atoms with Crippen LogP contribution in [0.4, 0.5) is 0 Å². The number of carbonyl (C=O) groups is 2. The molecule has 1 amide bonds. The van der Waals surface area contributed by atoms with Gasteiger partial charge in [-0.1, -0.05) is 66.3 Å². The maximum atomic E-state index is 10.1. The number of primary amides is 1. The maximum Gasteiger partial charge on any atom is 0.204 e. The number of carbonyl (C=O) groups excluding carboxylic acids is 2. The van der Waals surface area contributed by atoms with E-state index in [1.807, 2.05) is 43.3 Å². The Morgan fingerprint density at radius 3 is 2.23 bits per heavy atom. The molecule has 5 heteroatoms. The first kappa shape index (κ1) is 25.0. The van der Waals surface area contributed by atoms with Crippen molar-refractivity contribution in [2.24, 2.45) is 5.73 Å². The van der Waals surface area contributed by atoms with Crippen LogP contribution in [0.3, 0.4) is 0 Å². The average molecular weight is 408 g/mol. The minimum Gasteiger partial charge on any atom is -0.372 e. The minimum atomic E-state index is 0.250. The fourth-order valence-corrected chi connectivity index (χ4v) is 3.05. The number of allylic oxidation sites excluding steroid dienone is 2. The van der Waals surface area contributed by atoms with Crippen LogP contribution in [0.25, 0.3) is 12.2 Å². The van der Waals surface area contributed by atoms with E-state index in [1.165, 1.54) is 30.3 Å². The number of nitrogens with two attached hydrogens (primary N) is 1. The van der Waals surface area contributed by atoms with E-state index >= 15 is 0 Å². The monoisotopic (exact) mass is 407 g/mol. The Morgan fingerprint density at radius 2 is 1.63 bits per heavy atom. The summed E-state index contributed by atoms with van der Waals surface area (Å²) in [5.74, 6) is 0. The van der Waals surface area contributed by atoms with Gasteiger partial charge in [-0.3, -0.25) is 14.5 Å². The molecule has 0 unspecified atom stereocenters. The molecule has 30 heavy (non-hydrogen) atoms. The molecule has 0 spiro atoms. The van der Waals surface area contributed by atoms with Gasteiger partial charge < -0.3 is 11.1 Å². The van der Waals surface area contributed by atoms with Crippen LogP contribution in [0.2, 0.25) is 0 Å². The molecule has 3 N–H and O–H groups in total. The SMILES string of the molecule is C/C=C/c1cccc(/C=C/C=O)c1.Cc1cccc(CN2CCNCC2)c1.NC=O. The van der Waals surface area contributed by atoms with Crippen molar-refractivity contribution in [1.82, 2.24) is 10.2 Å². The van der Waals surface area contributed by atoms with Crippen molar-refractivity contribution < 1.29 is 9.59 Å². The molecule has 160 valence electrons. The molecule has 2 aromatic rings. The van der Waals surface area contributed by atoms with Gasteiger partial charge in [-0.15, -0.1) is 0 Å². The topological polar surface area (TPSA) is 75.4 Å². The first-order valence-electron chi connectivity index (χ1n) is 10.1. The number of aryl methyl sites for hydroxylation is 1. The summed E-state index contributed by atoms with van der Waals surface area (Å²) in [6, 6.07) is 16.8. The summed E-state index contributed by atoms with van der Waals surface area (Å²) in [5, 5.41) is 3.37. The highest BCUT2D eigenvalue weighted by Crippen LogP contribution is 2.09. The van der Waals surface area contributed by atoms with Crippen molar-refractivity contribution in [3.8, 4) is 0 Å². The summed E-state index contributed by atoms with van der Waals surface area (Å²) in [6.45, 7) is 9.85. The second kappa shape index (κ2) is 15.9. The van der Waals surface area contributed by atoms with Crippen LogP contribution >= 0.6 is 0 Å². The van der Waals surface area contributed by atoms with E-state index in [4.69, 9.17) is 4.79 Å². The number of benzene rings is 2. The molecule has 5 nitrogen and oxygen atoms in total. The second-order valence-corrected chi connectivity index (χ2v) is 6.82. The third kappa shape index (κ3) is 11.1. The lowest BCUT2D eigenvalue weighted by Crippen LogP contribution is -2.42. The predicted molar refractivity (Wildman–Crippen MR) is 126 cm³/mol.